The Labute approximate surface area is 104 Å². The SMILES string of the molecule is Cc1c(O)cccc1C(=O)NCCC(O)C(=O)O. The molecule has 0 spiro atoms. The fraction of sp³-hybridized carbons (Fsp3) is 0.333. The van der Waals surface area contributed by atoms with Gasteiger partial charge in [0.1, 0.15) is 5.75 Å². The van der Waals surface area contributed by atoms with Crippen molar-refractivity contribution in [2.45, 2.75) is 19.4 Å². The van der Waals surface area contributed by atoms with Crippen molar-refractivity contribution in [3.8, 4) is 5.75 Å². The lowest BCUT2D eigenvalue weighted by molar-refractivity contribution is -0.146. The van der Waals surface area contributed by atoms with E-state index < -0.39 is 18.0 Å². The number of benzene rings is 1. The fourth-order valence-electron chi connectivity index (χ4n) is 1.41. The van der Waals surface area contributed by atoms with Gasteiger partial charge in [0, 0.05) is 24.1 Å². The third kappa shape index (κ3) is 3.46. The summed E-state index contributed by atoms with van der Waals surface area (Å²) in [5, 5.41) is 29.4. The molecule has 0 radical (unpaired) electrons. The molecule has 4 N–H and O–H groups in total. The smallest absolute Gasteiger partial charge is 0.332 e. The Balaban J connectivity index is 2.56. The summed E-state index contributed by atoms with van der Waals surface area (Å²) in [4.78, 5) is 22.1. The Bertz CT molecular complexity index is 458. The number of aliphatic hydroxyl groups is 1. The Morgan fingerprint density at radius 3 is 2.67 bits per heavy atom. The zero-order valence-electron chi connectivity index (χ0n) is 9.88. The molecule has 98 valence electrons. The monoisotopic (exact) mass is 253 g/mol. The van der Waals surface area contributed by atoms with Gasteiger partial charge in [-0.05, 0) is 19.1 Å². The lowest BCUT2D eigenvalue weighted by atomic mass is 10.1. The molecule has 6 nitrogen and oxygen atoms in total. The number of carboxylic acid groups (broad SMARTS) is 1. The average Bonchev–Trinajstić information content (AvgIpc) is 2.32. The molecule has 1 aromatic rings. The summed E-state index contributed by atoms with van der Waals surface area (Å²) < 4.78 is 0. The Kier molecular flexibility index (Phi) is 4.67. The number of carbonyl (C=O) groups is 2. The zero-order chi connectivity index (χ0) is 13.7. The van der Waals surface area contributed by atoms with Crippen molar-refractivity contribution in [3.05, 3.63) is 29.3 Å². The van der Waals surface area contributed by atoms with E-state index in [1.54, 1.807) is 19.1 Å². The third-order valence-electron chi connectivity index (χ3n) is 2.54. The van der Waals surface area contributed by atoms with E-state index in [9.17, 15) is 14.7 Å². The van der Waals surface area contributed by atoms with Gasteiger partial charge in [0.25, 0.3) is 5.91 Å². The van der Waals surface area contributed by atoms with Gasteiger partial charge in [-0.3, -0.25) is 4.79 Å². The minimum atomic E-state index is -1.49. The summed E-state index contributed by atoms with van der Waals surface area (Å²) in [7, 11) is 0. The lowest BCUT2D eigenvalue weighted by Gasteiger charge is -2.09. The Morgan fingerprint density at radius 2 is 2.06 bits per heavy atom. The molecule has 1 atom stereocenters. The summed E-state index contributed by atoms with van der Waals surface area (Å²) in [6, 6.07) is 4.57. The van der Waals surface area contributed by atoms with E-state index in [2.05, 4.69) is 5.32 Å². The van der Waals surface area contributed by atoms with Crippen LogP contribution >= 0.6 is 0 Å². The maximum Gasteiger partial charge on any atom is 0.332 e. The van der Waals surface area contributed by atoms with Gasteiger partial charge in [-0.2, -0.15) is 0 Å². The summed E-state index contributed by atoms with van der Waals surface area (Å²) in [5.74, 6) is -1.72. The van der Waals surface area contributed by atoms with E-state index in [-0.39, 0.29) is 18.7 Å². The van der Waals surface area contributed by atoms with Crippen LogP contribution in [0.15, 0.2) is 18.2 Å². The maximum absolute atomic E-state index is 11.7. The topological polar surface area (TPSA) is 107 Å². The van der Waals surface area contributed by atoms with E-state index in [4.69, 9.17) is 10.2 Å². The highest BCUT2D eigenvalue weighted by molar-refractivity contribution is 5.96. The number of phenols is 1. The summed E-state index contributed by atoms with van der Waals surface area (Å²) in [5.41, 5.74) is 0.772. The van der Waals surface area contributed by atoms with Gasteiger partial charge in [-0.25, -0.2) is 4.79 Å². The summed E-state index contributed by atoms with van der Waals surface area (Å²) >= 11 is 0. The van der Waals surface area contributed by atoms with Crippen molar-refractivity contribution in [1.29, 1.82) is 0 Å². The molecule has 0 saturated carbocycles. The van der Waals surface area contributed by atoms with Gasteiger partial charge in [0.05, 0.1) is 0 Å². The van der Waals surface area contributed by atoms with Crippen molar-refractivity contribution >= 4 is 11.9 Å². The molecule has 0 aliphatic rings. The Morgan fingerprint density at radius 1 is 1.39 bits per heavy atom. The highest BCUT2D eigenvalue weighted by Crippen LogP contribution is 2.19. The minimum Gasteiger partial charge on any atom is -0.508 e. The van der Waals surface area contributed by atoms with Crippen LogP contribution in [0.2, 0.25) is 0 Å². The number of phenolic OH excluding ortho intramolecular Hbond substituents is 1. The van der Waals surface area contributed by atoms with E-state index in [1.165, 1.54) is 6.07 Å². The molecule has 0 heterocycles. The van der Waals surface area contributed by atoms with Crippen LogP contribution in [0.1, 0.15) is 22.3 Å². The molecule has 1 rings (SSSR count). The van der Waals surface area contributed by atoms with Gasteiger partial charge in [-0.15, -0.1) is 0 Å². The molecule has 6 heteroatoms. The van der Waals surface area contributed by atoms with Crippen LogP contribution in [0.3, 0.4) is 0 Å². The van der Waals surface area contributed by atoms with Gasteiger partial charge < -0.3 is 20.6 Å². The molecule has 0 aliphatic heterocycles. The first-order valence-electron chi connectivity index (χ1n) is 5.41. The number of aliphatic hydroxyl groups excluding tert-OH is 1. The van der Waals surface area contributed by atoms with Crippen LogP contribution in [-0.4, -0.2) is 39.8 Å². The number of aromatic hydroxyl groups is 1. The minimum absolute atomic E-state index is 0.0215. The molecule has 18 heavy (non-hydrogen) atoms. The van der Waals surface area contributed by atoms with Gasteiger partial charge in [-0.1, -0.05) is 6.07 Å². The number of carboxylic acids is 1. The summed E-state index contributed by atoms with van der Waals surface area (Å²) in [6.45, 7) is 1.65. The second kappa shape index (κ2) is 6.02. The molecule has 0 saturated heterocycles. The third-order valence-corrected chi connectivity index (χ3v) is 2.54. The largest absolute Gasteiger partial charge is 0.508 e. The predicted octanol–water partition coefficient (Wildman–Crippen LogP) is 0.266. The van der Waals surface area contributed by atoms with E-state index in [0.29, 0.717) is 11.1 Å². The van der Waals surface area contributed by atoms with Crippen molar-refractivity contribution < 1.29 is 24.9 Å². The highest BCUT2D eigenvalue weighted by atomic mass is 16.4. The molecule has 1 amide bonds. The zero-order valence-corrected chi connectivity index (χ0v) is 9.88. The first-order chi connectivity index (χ1) is 8.43. The molecule has 0 aromatic heterocycles. The molecular formula is C12H15NO5. The van der Waals surface area contributed by atoms with Crippen LogP contribution in [0.4, 0.5) is 0 Å². The number of hydrogen-bond donors (Lipinski definition) is 4. The van der Waals surface area contributed by atoms with E-state index in [0.717, 1.165) is 0 Å². The van der Waals surface area contributed by atoms with Crippen LogP contribution in [0, 0.1) is 6.92 Å². The molecule has 1 aromatic carbocycles. The number of amides is 1. The van der Waals surface area contributed by atoms with Crippen LogP contribution < -0.4 is 5.32 Å². The van der Waals surface area contributed by atoms with Crippen LogP contribution in [-0.2, 0) is 4.79 Å². The molecule has 1 unspecified atom stereocenters. The van der Waals surface area contributed by atoms with Crippen molar-refractivity contribution in [1.82, 2.24) is 5.32 Å². The molecular weight excluding hydrogens is 238 g/mol. The quantitative estimate of drug-likeness (QED) is 0.602. The second-order valence-corrected chi connectivity index (χ2v) is 3.85. The Hall–Kier alpha value is -2.08. The second-order valence-electron chi connectivity index (χ2n) is 3.85. The van der Waals surface area contributed by atoms with Gasteiger partial charge in [0.15, 0.2) is 6.10 Å². The standard InChI is InChI=1S/C12H15NO5/c1-7-8(3-2-4-9(7)14)11(16)13-6-5-10(15)12(17)18/h2-4,10,14-15H,5-6H2,1H3,(H,13,16)(H,17,18). The lowest BCUT2D eigenvalue weighted by Crippen LogP contribution is -2.30. The molecule has 0 aliphatic carbocycles. The highest BCUT2D eigenvalue weighted by Gasteiger charge is 2.14. The predicted molar refractivity (Wildman–Crippen MR) is 63.4 cm³/mol. The van der Waals surface area contributed by atoms with Gasteiger partial charge in [0.2, 0.25) is 0 Å². The first kappa shape index (κ1) is 14.0. The van der Waals surface area contributed by atoms with E-state index in [1.807, 2.05) is 0 Å². The number of hydrogen-bond acceptors (Lipinski definition) is 4. The maximum atomic E-state index is 11.7. The van der Waals surface area contributed by atoms with Crippen LogP contribution in [0.25, 0.3) is 0 Å². The number of carbonyl (C=O) groups excluding carboxylic acids is 1. The normalized spacial score (nSPS) is 11.9. The van der Waals surface area contributed by atoms with E-state index >= 15 is 0 Å². The van der Waals surface area contributed by atoms with Crippen molar-refractivity contribution in [3.63, 3.8) is 0 Å². The number of rotatable bonds is 5. The number of aliphatic carboxylic acids is 1. The molecule has 0 fully saturated rings. The fourth-order valence-corrected chi connectivity index (χ4v) is 1.41. The summed E-state index contributed by atoms with van der Waals surface area (Å²) in [6.07, 6.45) is -1.56. The average molecular weight is 253 g/mol. The van der Waals surface area contributed by atoms with Crippen molar-refractivity contribution in [2.24, 2.45) is 0 Å². The van der Waals surface area contributed by atoms with Crippen LogP contribution in [0.5, 0.6) is 5.75 Å². The number of nitrogens with one attached hydrogen (secondary N) is 1. The van der Waals surface area contributed by atoms with Crippen molar-refractivity contribution in [2.75, 3.05) is 6.54 Å². The van der Waals surface area contributed by atoms with Gasteiger partial charge >= 0.3 is 5.97 Å². The first-order valence-corrected chi connectivity index (χ1v) is 5.41. The molecule has 0 bridgehead atoms.